The zero-order valence-corrected chi connectivity index (χ0v) is 7.33. The molecule has 3 N–H and O–H groups in total. The molecule has 0 saturated heterocycles. The fourth-order valence-electron chi connectivity index (χ4n) is 0.387. The van der Waals surface area contributed by atoms with Crippen molar-refractivity contribution in [1.82, 2.24) is 0 Å². The van der Waals surface area contributed by atoms with E-state index in [4.69, 9.17) is 10.8 Å². The minimum Gasteiger partial charge on any atom is -0.448 e. The van der Waals surface area contributed by atoms with E-state index < -0.39 is 23.6 Å². The van der Waals surface area contributed by atoms with Gasteiger partial charge in [0, 0.05) is 0 Å². The van der Waals surface area contributed by atoms with E-state index >= 15 is 0 Å². The van der Waals surface area contributed by atoms with Crippen LogP contribution in [0, 0.1) is 0 Å². The van der Waals surface area contributed by atoms with Crippen LogP contribution in [0.15, 0.2) is 0 Å². The molecule has 0 bridgehead atoms. The van der Waals surface area contributed by atoms with Crippen LogP contribution >= 0.6 is 0 Å². The molecular formula is C7H13NO4. The Morgan fingerprint density at radius 3 is 2.17 bits per heavy atom. The molecule has 1 atom stereocenters. The van der Waals surface area contributed by atoms with Crippen molar-refractivity contribution >= 4 is 11.9 Å². The van der Waals surface area contributed by atoms with Crippen molar-refractivity contribution in [2.45, 2.75) is 32.5 Å². The van der Waals surface area contributed by atoms with Gasteiger partial charge in [-0.25, -0.2) is 4.79 Å². The first-order valence-corrected chi connectivity index (χ1v) is 3.48. The van der Waals surface area contributed by atoms with E-state index in [1.54, 1.807) is 0 Å². The fraction of sp³-hybridized carbons (Fsp3) is 0.714. The third kappa shape index (κ3) is 2.87. The van der Waals surface area contributed by atoms with Gasteiger partial charge in [-0.1, -0.05) is 0 Å². The Morgan fingerprint density at radius 2 is 1.92 bits per heavy atom. The highest BCUT2D eigenvalue weighted by molar-refractivity contribution is 5.86. The number of rotatable bonds is 3. The maximum absolute atomic E-state index is 10.8. The van der Waals surface area contributed by atoms with Crippen molar-refractivity contribution in [2.24, 2.45) is 5.73 Å². The van der Waals surface area contributed by atoms with Crippen LogP contribution < -0.4 is 5.73 Å². The first-order valence-electron chi connectivity index (χ1n) is 3.48. The van der Waals surface area contributed by atoms with E-state index in [9.17, 15) is 9.59 Å². The van der Waals surface area contributed by atoms with Gasteiger partial charge < -0.3 is 15.6 Å². The second-order valence-corrected chi connectivity index (χ2v) is 2.97. The highest BCUT2D eigenvalue weighted by Crippen LogP contribution is 2.09. The molecule has 70 valence electrons. The second kappa shape index (κ2) is 3.53. The molecule has 0 aromatic carbocycles. The Morgan fingerprint density at radius 1 is 1.50 bits per heavy atom. The van der Waals surface area contributed by atoms with Crippen molar-refractivity contribution in [3.05, 3.63) is 0 Å². The molecular weight excluding hydrogens is 162 g/mol. The zero-order valence-electron chi connectivity index (χ0n) is 7.33. The number of hydrogen-bond acceptors (Lipinski definition) is 4. The maximum Gasteiger partial charge on any atom is 0.335 e. The number of carbonyl (C=O) groups is 2. The number of esters is 1. The summed E-state index contributed by atoms with van der Waals surface area (Å²) in [5.41, 5.74) is 3.55. The smallest absolute Gasteiger partial charge is 0.335 e. The molecule has 0 aliphatic carbocycles. The van der Waals surface area contributed by atoms with Crippen LogP contribution in [-0.2, 0) is 14.3 Å². The number of aliphatic hydroxyl groups excluding tert-OH is 1. The Balaban J connectivity index is 4.25. The summed E-state index contributed by atoms with van der Waals surface area (Å²) in [6.07, 6.45) is -1.25. The number of nitrogens with two attached hydrogens (primary N) is 1. The van der Waals surface area contributed by atoms with Gasteiger partial charge in [-0.2, -0.15) is 0 Å². The SMILES string of the molecule is CC(O)C(=O)OC(C)(C)C(N)=O. The first kappa shape index (κ1) is 10.9. The molecule has 0 radical (unpaired) electrons. The number of carbonyl (C=O) groups excluding carboxylic acids is 2. The van der Waals surface area contributed by atoms with Gasteiger partial charge >= 0.3 is 5.97 Å². The Bertz CT molecular complexity index is 198. The number of ether oxygens (including phenoxy) is 1. The molecule has 0 aromatic rings. The summed E-state index contributed by atoms with van der Waals surface area (Å²) in [6.45, 7) is 3.96. The van der Waals surface area contributed by atoms with Crippen LogP contribution in [0.5, 0.6) is 0 Å². The molecule has 0 heterocycles. The summed E-state index contributed by atoms with van der Waals surface area (Å²) in [6, 6.07) is 0. The summed E-state index contributed by atoms with van der Waals surface area (Å²) in [5, 5.41) is 8.74. The van der Waals surface area contributed by atoms with Gasteiger partial charge in [0.25, 0.3) is 5.91 Å². The summed E-state index contributed by atoms with van der Waals surface area (Å²) in [5.74, 6) is -1.62. The highest BCUT2D eigenvalue weighted by atomic mass is 16.6. The van der Waals surface area contributed by atoms with Crippen molar-refractivity contribution < 1.29 is 19.4 Å². The number of aliphatic hydroxyl groups is 1. The van der Waals surface area contributed by atoms with Gasteiger partial charge in [0.05, 0.1) is 0 Å². The molecule has 0 aliphatic rings. The molecule has 0 fully saturated rings. The lowest BCUT2D eigenvalue weighted by Crippen LogP contribution is -2.44. The van der Waals surface area contributed by atoms with Crippen LogP contribution in [0.4, 0.5) is 0 Å². The highest BCUT2D eigenvalue weighted by Gasteiger charge is 2.30. The van der Waals surface area contributed by atoms with Gasteiger partial charge in [0.15, 0.2) is 5.60 Å². The molecule has 0 rings (SSSR count). The molecule has 12 heavy (non-hydrogen) atoms. The second-order valence-electron chi connectivity index (χ2n) is 2.97. The predicted octanol–water partition coefficient (Wildman–Crippen LogP) is -0.826. The van der Waals surface area contributed by atoms with Crippen LogP contribution in [0.3, 0.4) is 0 Å². The van der Waals surface area contributed by atoms with Crippen LogP contribution in [0.2, 0.25) is 0 Å². The van der Waals surface area contributed by atoms with E-state index in [0.29, 0.717) is 0 Å². The molecule has 5 heteroatoms. The van der Waals surface area contributed by atoms with Gasteiger partial charge in [0.2, 0.25) is 0 Å². The molecule has 5 nitrogen and oxygen atoms in total. The van der Waals surface area contributed by atoms with E-state index in [0.717, 1.165) is 0 Å². The molecule has 1 amide bonds. The molecule has 1 unspecified atom stereocenters. The van der Waals surface area contributed by atoms with Crippen LogP contribution in [0.25, 0.3) is 0 Å². The zero-order chi connectivity index (χ0) is 9.94. The molecule has 0 aromatic heterocycles. The van der Waals surface area contributed by atoms with E-state index in [-0.39, 0.29) is 0 Å². The van der Waals surface area contributed by atoms with Crippen LogP contribution in [0.1, 0.15) is 20.8 Å². The Kier molecular flexibility index (Phi) is 3.21. The lowest BCUT2D eigenvalue weighted by molar-refractivity contribution is -0.170. The van der Waals surface area contributed by atoms with E-state index in [2.05, 4.69) is 4.74 Å². The van der Waals surface area contributed by atoms with Gasteiger partial charge in [-0.05, 0) is 20.8 Å². The van der Waals surface area contributed by atoms with Gasteiger partial charge in [-0.15, -0.1) is 0 Å². The summed E-state index contributed by atoms with van der Waals surface area (Å²) < 4.78 is 4.60. The summed E-state index contributed by atoms with van der Waals surface area (Å²) in [4.78, 5) is 21.4. The number of hydrogen-bond donors (Lipinski definition) is 2. The van der Waals surface area contributed by atoms with E-state index in [1.807, 2.05) is 0 Å². The minimum absolute atomic E-state index is 0.753. The van der Waals surface area contributed by atoms with E-state index in [1.165, 1.54) is 20.8 Å². The number of primary amides is 1. The van der Waals surface area contributed by atoms with Gasteiger partial charge in [0.1, 0.15) is 6.10 Å². The third-order valence-corrected chi connectivity index (χ3v) is 1.29. The quantitative estimate of drug-likeness (QED) is 0.548. The first-order chi connectivity index (χ1) is 5.27. The lowest BCUT2D eigenvalue weighted by atomic mass is 10.1. The average molecular weight is 175 g/mol. The predicted molar refractivity (Wildman–Crippen MR) is 41.0 cm³/mol. The Hall–Kier alpha value is -1.10. The fourth-order valence-corrected chi connectivity index (χ4v) is 0.387. The largest absolute Gasteiger partial charge is 0.448 e. The van der Waals surface area contributed by atoms with Crippen molar-refractivity contribution in [2.75, 3.05) is 0 Å². The molecule has 0 spiro atoms. The molecule has 0 saturated carbocycles. The third-order valence-electron chi connectivity index (χ3n) is 1.29. The summed E-state index contributed by atoms with van der Waals surface area (Å²) >= 11 is 0. The van der Waals surface area contributed by atoms with Crippen molar-refractivity contribution in [1.29, 1.82) is 0 Å². The standard InChI is InChI=1S/C7H13NO4/c1-4(9)5(10)12-7(2,3)6(8)11/h4,9H,1-3H3,(H2,8,11). The van der Waals surface area contributed by atoms with Gasteiger partial charge in [-0.3, -0.25) is 4.79 Å². The van der Waals surface area contributed by atoms with Crippen molar-refractivity contribution in [3.63, 3.8) is 0 Å². The van der Waals surface area contributed by atoms with Crippen LogP contribution in [-0.4, -0.2) is 28.7 Å². The summed E-state index contributed by atoms with van der Waals surface area (Å²) in [7, 11) is 0. The molecule has 0 aliphatic heterocycles. The van der Waals surface area contributed by atoms with Crippen molar-refractivity contribution in [3.8, 4) is 0 Å². The minimum atomic E-state index is -1.37. The number of amides is 1. The maximum atomic E-state index is 10.8. The average Bonchev–Trinajstić information content (AvgIpc) is 1.85. The normalized spacial score (nSPS) is 13.7. The lowest BCUT2D eigenvalue weighted by Gasteiger charge is -2.21. The topological polar surface area (TPSA) is 89.6 Å². The monoisotopic (exact) mass is 175 g/mol. The Labute approximate surface area is 70.5 Å².